The minimum atomic E-state index is -4.55. The molecule has 2 unspecified atom stereocenters. The van der Waals surface area contributed by atoms with E-state index in [1.54, 1.807) is 0 Å². The molecule has 0 aliphatic carbocycles. The van der Waals surface area contributed by atoms with E-state index in [1.807, 2.05) is 6.92 Å². The van der Waals surface area contributed by atoms with E-state index >= 15 is 0 Å². The molecular weight excluding hydrogens is 367 g/mol. The fourth-order valence-corrected chi connectivity index (χ4v) is 3.39. The molecule has 0 radical (unpaired) electrons. The molecule has 0 saturated carbocycles. The van der Waals surface area contributed by atoms with Crippen molar-refractivity contribution in [2.24, 2.45) is 5.92 Å². The van der Waals surface area contributed by atoms with E-state index in [2.05, 4.69) is 4.98 Å². The summed E-state index contributed by atoms with van der Waals surface area (Å²) in [5, 5.41) is 9.19. The Morgan fingerprint density at radius 2 is 2.00 bits per heavy atom. The molecule has 1 saturated heterocycles. The standard InChI is InChI=1S/C17H18F3N3O4/c1-9-2-3-11(15(25)26)7-22(9)14(24)10-4-5-13-12(6-10)21-16(27)23(13)8-17(18,19)20/h4-6,9,11H,2-3,7-8H2,1H3,(H,21,27)(H,25,26). The Bertz CT molecular complexity index is 947. The molecule has 2 heterocycles. The van der Waals surface area contributed by atoms with Crippen LogP contribution in [0.3, 0.4) is 0 Å². The Labute approximate surface area is 151 Å². The van der Waals surface area contributed by atoms with Crippen molar-refractivity contribution in [2.75, 3.05) is 6.54 Å². The second-order valence-corrected chi connectivity index (χ2v) is 6.78. The Morgan fingerprint density at radius 3 is 2.63 bits per heavy atom. The molecule has 2 aromatic rings. The first-order valence-electron chi connectivity index (χ1n) is 8.40. The number of halogens is 3. The molecular formula is C17H18F3N3O4. The molecule has 1 amide bonds. The number of H-pyrrole nitrogens is 1. The number of aromatic amines is 1. The van der Waals surface area contributed by atoms with Gasteiger partial charge in [0.05, 0.1) is 17.0 Å². The number of nitrogens with one attached hydrogen (secondary N) is 1. The van der Waals surface area contributed by atoms with Gasteiger partial charge in [0.25, 0.3) is 5.91 Å². The molecule has 3 rings (SSSR count). The highest BCUT2D eigenvalue weighted by molar-refractivity contribution is 5.97. The summed E-state index contributed by atoms with van der Waals surface area (Å²) in [5.74, 6) is -2.04. The van der Waals surface area contributed by atoms with Crippen molar-refractivity contribution in [1.29, 1.82) is 0 Å². The number of piperidine rings is 1. The van der Waals surface area contributed by atoms with E-state index < -0.39 is 36.2 Å². The van der Waals surface area contributed by atoms with Crippen LogP contribution in [0.5, 0.6) is 0 Å². The number of carboxylic acids is 1. The largest absolute Gasteiger partial charge is 0.481 e. The third-order valence-electron chi connectivity index (χ3n) is 4.85. The number of nitrogens with zero attached hydrogens (tertiary/aromatic N) is 2. The summed E-state index contributed by atoms with van der Waals surface area (Å²) in [7, 11) is 0. The lowest BCUT2D eigenvalue weighted by atomic mass is 9.93. The molecule has 1 aromatic carbocycles. The van der Waals surface area contributed by atoms with Crippen molar-refractivity contribution in [2.45, 2.75) is 38.5 Å². The molecule has 1 aliphatic heterocycles. The van der Waals surface area contributed by atoms with Gasteiger partial charge in [-0.05, 0) is 38.0 Å². The van der Waals surface area contributed by atoms with Gasteiger partial charge in [-0.1, -0.05) is 0 Å². The number of carboxylic acid groups (broad SMARTS) is 1. The zero-order valence-corrected chi connectivity index (χ0v) is 14.4. The highest BCUT2D eigenvalue weighted by atomic mass is 19.4. The topological polar surface area (TPSA) is 95.4 Å². The van der Waals surface area contributed by atoms with Gasteiger partial charge >= 0.3 is 17.8 Å². The van der Waals surface area contributed by atoms with Gasteiger partial charge in [0.2, 0.25) is 0 Å². The average Bonchev–Trinajstić information content (AvgIpc) is 2.87. The second-order valence-electron chi connectivity index (χ2n) is 6.78. The number of aliphatic carboxylic acids is 1. The number of hydrogen-bond donors (Lipinski definition) is 2. The SMILES string of the molecule is CC1CCC(C(=O)O)CN1C(=O)c1ccc2c(c1)[nH]c(=O)n2CC(F)(F)F. The zero-order chi connectivity index (χ0) is 19.9. The number of likely N-dealkylation sites (tertiary alicyclic amines) is 1. The summed E-state index contributed by atoms with van der Waals surface area (Å²) < 4.78 is 38.5. The highest BCUT2D eigenvalue weighted by Crippen LogP contribution is 2.25. The smallest absolute Gasteiger partial charge is 0.406 e. The van der Waals surface area contributed by atoms with Crippen molar-refractivity contribution < 1.29 is 27.9 Å². The van der Waals surface area contributed by atoms with Crippen LogP contribution in [0.1, 0.15) is 30.1 Å². The minimum absolute atomic E-state index is 0.0454. The number of amides is 1. The number of hydrogen-bond acceptors (Lipinski definition) is 3. The molecule has 0 bridgehead atoms. The predicted octanol–water partition coefficient (Wildman–Crippen LogP) is 2.22. The normalized spacial score (nSPS) is 20.8. The summed E-state index contributed by atoms with van der Waals surface area (Å²) in [6.45, 7) is 0.456. The van der Waals surface area contributed by atoms with Gasteiger partial charge in [-0.2, -0.15) is 13.2 Å². The number of carbonyl (C=O) groups is 2. The van der Waals surface area contributed by atoms with E-state index in [0.29, 0.717) is 17.4 Å². The Kier molecular flexibility index (Phi) is 4.75. The number of aromatic nitrogens is 2. The first kappa shape index (κ1) is 19.0. The molecule has 146 valence electrons. The fraction of sp³-hybridized carbons (Fsp3) is 0.471. The van der Waals surface area contributed by atoms with Crippen LogP contribution in [-0.4, -0.2) is 50.2 Å². The van der Waals surface area contributed by atoms with Gasteiger partial charge in [-0.3, -0.25) is 14.2 Å². The summed E-state index contributed by atoms with van der Waals surface area (Å²) >= 11 is 0. The molecule has 1 aromatic heterocycles. The third kappa shape index (κ3) is 3.83. The molecule has 0 spiro atoms. The maximum Gasteiger partial charge on any atom is 0.406 e. The quantitative estimate of drug-likeness (QED) is 0.847. The average molecular weight is 385 g/mol. The molecule has 27 heavy (non-hydrogen) atoms. The first-order valence-corrected chi connectivity index (χ1v) is 8.40. The van der Waals surface area contributed by atoms with Crippen LogP contribution in [0.25, 0.3) is 11.0 Å². The summed E-state index contributed by atoms with van der Waals surface area (Å²) in [6, 6.07) is 3.80. The monoisotopic (exact) mass is 385 g/mol. The number of imidazole rings is 1. The molecule has 2 N–H and O–H groups in total. The maximum atomic E-state index is 12.8. The lowest BCUT2D eigenvalue weighted by molar-refractivity contribution is -0.143. The molecule has 2 atom stereocenters. The second kappa shape index (κ2) is 6.75. The van der Waals surface area contributed by atoms with Crippen LogP contribution in [0, 0.1) is 5.92 Å². The van der Waals surface area contributed by atoms with E-state index in [-0.39, 0.29) is 29.2 Å². The summed E-state index contributed by atoms with van der Waals surface area (Å²) in [4.78, 5) is 39.6. The van der Waals surface area contributed by atoms with Crippen molar-refractivity contribution in [3.63, 3.8) is 0 Å². The van der Waals surface area contributed by atoms with Crippen molar-refractivity contribution in [3.05, 3.63) is 34.2 Å². The number of rotatable bonds is 3. The van der Waals surface area contributed by atoms with E-state index in [0.717, 1.165) is 0 Å². The highest BCUT2D eigenvalue weighted by Gasteiger charge is 2.33. The van der Waals surface area contributed by atoms with Crippen LogP contribution < -0.4 is 5.69 Å². The molecule has 10 heteroatoms. The maximum absolute atomic E-state index is 12.8. The first-order chi connectivity index (χ1) is 12.6. The Morgan fingerprint density at radius 1 is 1.30 bits per heavy atom. The summed E-state index contributed by atoms with van der Waals surface area (Å²) in [6.07, 6.45) is -3.53. The number of benzene rings is 1. The van der Waals surface area contributed by atoms with Gasteiger partial charge in [0.15, 0.2) is 0 Å². The van der Waals surface area contributed by atoms with Gasteiger partial charge < -0.3 is 15.0 Å². The zero-order valence-electron chi connectivity index (χ0n) is 14.4. The molecule has 1 aliphatic rings. The Hall–Kier alpha value is -2.78. The third-order valence-corrected chi connectivity index (χ3v) is 4.85. The minimum Gasteiger partial charge on any atom is -0.481 e. The number of carbonyl (C=O) groups excluding carboxylic acids is 1. The summed E-state index contributed by atoms with van der Waals surface area (Å²) in [5.41, 5.74) is -0.566. The van der Waals surface area contributed by atoms with Gasteiger partial charge in [-0.15, -0.1) is 0 Å². The molecule has 7 nitrogen and oxygen atoms in total. The number of alkyl halides is 3. The van der Waals surface area contributed by atoms with Crippen molar-refractivity contribution in [3.8, 4) is 0 Å². The lowest BCUT2D eigenvalue weighted by Crippen LogP contribution is -2.47. The van der Waals surface area contributed by atoms with Crippen LogP contribution in [0.4, 0.5) is 13.2 Å². The van der Waals surface area contributed by atoms with Crippen molar-refractivity contribution in [1.82, 2.24) is 14.5 Å². The van der Waals surface area contributed by atoms with Crippen LogP contribution in [0.2, 0.25) is 0 Å². The van der Waals surface area contributed by atoms with Gasteiger partial charge in [-0.25, -0.2) is 4.79 Å². The Balaban J connectivity index is 1.92. The van der Waals surface area contributed by atoms with Crippen LogP contribution >= 0.6 is 0 Å². The van der Waals surface area contributed by atoms with Crippen LogP contribution in [-0.2, 0) is 11.3 Å². The van der Waals surface area contributed by atoms with E-state index in [1.165, 1.54) is 23.1 Å². The van der Waals surface area contributed by atoms with Crippen molar-refractivity contribution >= 4 is 22.9 Å². The van der Waals surface area contributed by atoms with Crippen LogP contribution in [0.15, 0.2) is 23.0 Å². The fourth-order valence-electron chi connectivity index (χ4n) is 3.39. The van der Waals surface area contributed by atoms with E-state index in [9.17, 15) is 32.7 Å². The van der Waals surface area contributed by atoms with Gasteiger partial charge in [0, 0.05) is 18.2 Å². The lowest BCUT2D eigenvalue weighted by Gasteiger charge is -2.36. The van der Waals surface area contributed by atoms with E-state index in [4.69, 9.17) is 0 Å². The van der Waals surface area contributed by atoms with Gasteiger partial charge in [0.1, 0.15) is 6.54 Å². The predicted molar refractivity (Wildman–Crippen MR) is 89.5 cm³/mol. The number of fused-ring (bicyclic) bond motifs is 1. The molecule has 1 fully saturated rings.